The third kappa shape index (κ3) is 6.87. The van der Waals surface area contributed by atoms with Crippen molar-refractivity contribution in [3.05, 3.63) is 53.6 Å². The molecule has 9 heteroatoms. The Morgan fingerprint density at radius 2 is 1.74 bits per heavy atom. The molecule has 168 valence electrons. The number of carbonyl (C=O) groups excluding carboxylic acids is 1. The molecule has 1 unspecified atom stereocenters. The Kier molecular flexibility index (Phi) is 8.66. The van der Waals surface area contributed by atoms with Crippen molar-refractivity contribution in [2.45, 2.75) is 41.2 Å². The second-order valence-electron chi connectivity index (χ2n) is 7.29. The molecule has 1 N–H and O–H groups in total. The molecule has 1 amide bonds. The van der Waals surface area contributed by atoms with E-state index in [0.29, 0.717) is 37.0 Å². The Bertz CT molecular complexity index is 960. The maximum Gasteiger partial charge on any atom is 0.243 e. The largest absolute Gasteiger partial charge is 0.492 e. The highest BCUT2D eigenvalue weighted by molar-refractivity contribution is 8.00. The number of hydrogen-bond acceptors (Lipinski definition) is 5. The normalized spacial score (nSPS) is 15.9. The quantitative estimate of drug-likeness (QED) is 0.428. The molecule has 0 aliphatic carbocycles. The number of ether oxygens (including phenoxy) is 1. The summed E-state index contributed by atoms with van der Waals surface area (Å²) in [5.74, 6) is 0.488. The molecule has 6 nitrogen and oxygen atoms in total. The van der Waals surface area contributed by atoms with Crippen LogP contribution in [0.15, 0.2) is 58.3 Å². The van der Waals surface area contributed by atoms with Crippen molar-refractivity contribution in [3.8, 4) is 5.75 Å². The van der Waals surface area contributed by atoms with Crippen LogP contribution in [-0.2, 0) is 14.8 Å². The predicted octanol–water partition coefficient (Wildman–Crippen LogP) is 4.19. The van der Waals surface area contributed by atoms with Crippen LogP contribution in [0.4, 0.5) is 0 Å². The Morgan fingerprint density at radius 1 is 1.10 bits per heavy atom. The van der Waals surface area contributed by atoms with Crippen molar-refractivity contribution in [2.75, 3.05) is 26.2 Å². The summed E-state index contributed by atoms with van der Waals surface area (Å²) in [4.78, 5) is 13.5. The number of benzene rings is 2. The summed E-state index contributed by atoms with van der Waals surface area (Å²) in [5.41, 5.74) is 0. The first-order valence-electron chi connectivity index (χ1n) is 10.3. The number of rotatable bonds is 9. The number of piperidine rings is 1. The van der Waals surface area contributed by atoms with Gasteiger partial charge in [0.1, 0.15) is 12.4 Å². The maximum atomic E-state index is 12.7. The number of carbonyl (C=O) groups is 1. The topological polar surface area (TPSA) is 75.7 Å². The van der Waals surface area contributed by atoms with Crippen LogP contribution in [0.2, 0.25) is 5.02 Å². The van der Waals surface area contributed by atoms with Gasteiger partial charge in [-0.05, 0) is 68.3 Å². The van der Waals surface area contributed by atoms with Crippen molar-refractivity contribution < 1.29 is 17.9 Å². The van der Waals surface area contributed by atoms with Gasteiger partial charge in [-0.25, -0.2) is 8.42 Å². The highest BCUT2D eigenvalue weighted by atomic mass is 35.5. The van der Waals surface area contributed by atoms with Gasteiger partial charge < -0.3 is 10.1 Å². The van der Waals surface area contributed by atoms with Crippen LogP contribution in [0.1, 0.15) is 26.2 Å². The van der Waals surface area contributed by atoms with E-state index in [4.69, 9.17) is 16.3 Å². The fraction of sp³-hybridized carbons (Fsp3) is 0.409. The molecule has 1 atom stereocenters. The molecule has 1 aliphatic heterocycles. The molecule has 2 aromatic rings. The number of nitrogens with zero attached hydrogens (tertiary/aromatic N) is 1. The monoisotopic (exact) mass is 482 g/mol. The van der Waals surface area contributed by atoms with Crippen LogP contribution in [0, 0.1) is 0 Å². The van der Waals surface area contributed by atoms with E-state index >= 15 is 0 Å². The Balaban J connectivity index is 1.42. The highest BCUT2D eigenvalue weighted by Gasteiger charge is 2.25. The Labute approximate surface area is 193 Å². The standard InChI is InChI=1S/C22H27ClN2O4S2/c1-17(30-20-9-5-18(23)6-10-20)22(26)24-13-16-29-19-7-11-21(12-8-19)31(27,28)25-14-3-2-4-15-25/h5-12,17H,2-4,13-16H2,1H3,(H,24,26). The average Bonchev–Trinajstić information content (AvgIpc) is 2.79. The average molecular weight is 483 g/mol. The summed E-state index contributed by atoms with van der Waals surface area (Å²) in [6.45, 7) is 3.65. The SMILES string of the molecule is CC(Sc1ccc(Cl)cc1)C(=O)NCCOc1ccc(S(=O)(=O)N2CCCCC2)cc1. The van der Waals surface area contributed by atoms with Gasteiger partial charge in [0, 0.05) is 23.0 Å². The lowest BCUT2D eigenvalue weighted by Gasteiger charge is -2.25. The summed E-state index contributed by atoms with van der Waals surface area (Å²) in [6.07, 6.45) is 2.89. The lowest BCUT2D eigenvalue weighted by Crippen LogP contribution is -2.35. The minimum absolute atomic E-state index is 0.0773. The molecule has 1 fully saturated rings. The number of halogens is 1. The lowest BCUT2D eigenvalue weighted by atomic mass is 10.2. The minimum atomic E-state index is -3.44. The zero-order valence-corrected chi connectivity index (χ0v) is 19.8. The van der Waals surface area contributed by atoms with Gasteiger partial charge in [0.15, 0.2) is 0 Å². The predicted molar refractivity (Wildman–Crippen MR) is 124 cm³/mol. The fourth-order valence-electron chi connectivity index (χ4n) is 3.22. The van der Waals surface area contributed by atoms with Crippen LogP contribution in [0.3, 0.4) is 0 Å². The van der Waals surface area contributed by atoms with Crippen molar-refractivity contribution in [2.24, 2.45) is 0 Å². The summed E-state index contributed by atoms with van der Waals surface area (Å²) in [7, 11) is -3.44. The van der Waals surface area contributed by atoms with E-state index in [-0.39, 0.29) is 16.1 Å². The molecule has 1 aliphatic rings. The van der Waals surface area contributed by atoms with Gasteiger partial charge in [0.25, 0.3) is 0 Å². The van der Waals surface area contributed by atoms with E-state index < -0.39 is 10.0 Å². The second-order valence-corrected chi connectivity index (χ2v) is 11.1. The van der Waals surface area contributed by atoms with Gasteiger partial charge in [0.2, 0.25) is 15.9 Å². The molecular weight excluding hydrogens is 456 g/mol. The zero-order valence-electron chi connectivity index (χ0n) is 17.4. The molecule has 3 rings (SSSR count). The smallest absolute Gasteiger partial charge is 0.243 e. The molecule has 0 radical (unpaired) electrons. The summed E-state index contributed by atoms with van der Waals surface area (Å²) in [6, 6.07) is 13.8. The minimum Gasteiger partial charge on any atom is -0.492 e. The molecule has 0 spiro atoms. The molecule has 31 heavy (non-hydrogen) atoms. The lowest BCUT2D eigenvalue weighted by molar-refractivity contribution is -0.120. The fourth-order valence-corrected chi connectivity index (χ4v) is 5.75. The van der Waals surface area contributed by atoms with E-state index in [1.54, 1.807) is 40.7 Å². The second kappa shape index (κ2) is 11.2. The number of sulfonamides is 1. The first-order chi connectivity index (χ1) is 14.9. The van der Waals surface area contributed by atoms with Gasteiger partial charge >= 0.3 is 0 Å². The van der Waals surface area contributed by atoms with E-state index in [9.17, 15) is 13.2 Å². The van der Waals surface area contributed by atoms with Crippen molar-refractivity contribution >= 4 is 39.3 Å². The number of thioether (sulfide) groups is 1. The van der Waals surface area contributed by atoms with Crippen molar-refractivity contribution in [3.63, 3.8) is 0 Å². The summed E-state index contributed by atoms with van der Waals surface area (Å²) < 4.78 is 32.5. The van der Waals surface area contributed by atoms with Gasteiger partial charge in [-0.3, -0.25) is 4.79 Å². The Hall–Kier alpha value is -1.74. The van der Waals surface area contributed by atoms with E-state index in [1.807, 2.05) is 19.1 Å². The van der Waals surface area contributed by atoms with Gasteiger partial charge in [0.05, 0.1) is 16.7 Å². The van der Waals surface area contributed by atoms with Gasteiger partial charge in [-0.2, -0.15) is 4.31 Å². The first-order valence-corrected chi connectivity index (χ1v) is 13.0. The van der Waals surface area contributed by atoms with E-state index in [2.05, 4.69) is 5.32 Å². The molecule has 1 saturated heterocycles. The summed E-state index contributed by atoms with van der Waals surface area (Å²) in [5, 5.41) is 3.26. The molecule has 2 aromatic carbocycles. The molecule has 0 saturated carbocycles. The highest BCUT2D eigenvalue weighted by Crippen LogP contribution is 2.25. The first kappa shape index (κ1) is 23.9. The van der Waals surface area contributed by atoms with Crippen LogP contribution in [0.5, 0.6) is 5.75 Å². The van der Waals surface area contributed by atoms with Crippen LogP contribution in [-0.4, -0.2) is 50.1 Å². The zero-order chi connectivity index (χ0) is 22.3. The van der Waals surface area contributed by atoms with Crippen LogP contribution >= 0.6 is 23.4 Å². The Morgan fingerprint density at radius 3 is 2.39 bits per heavy atom. The van der Waals surface area contributed by atoms with E-state index in [1.165, 1.54) is 11.8 Å². The third-order valence-electron chi connectivity index (χ3n) is 4.94. The number of nitrogens with one attached hydrogen (secondary N) is 1. The molecular formula is C22H27ClN2O4S2. The maximum absolute atomic E-state index is 12.7. The van der Waals surface area contributed by atoms with E-state index in [0.717, 1.165) is 24.2 Å². The molecule has 0 aromatic heterocycles. The van der Waals surface area contributed by atoms with Crippen LogP contribution < -0.4 is 10.1 Å². The van der Waals surface area contributed by atoms with Crippen molar-refractivity contribution in [1.29, 1.82) is 0 Å². The third-order valence-corrected chi connectivity index (χ3v) is 8.22. The molecule has 0 bridgehead atoms. The van der Waals surface area contributed by atoms with Crippen LogP contribution in [0.25, 0.3) is 0 Å². The van der Waals surface area contributed by atoms with Gasteiger partial charge in [-0.15, -0.1) is 11.8 Å². The summed E-state index contributed by atoms with van der Waals surface area (Å²) >= 11 is 7.34. The molecule has 1 heterocycles. The number of hydrogen-bond donors (Lipinski definition) is 1. The van der Waals surface area contributed by atoms with Crippen molar-refractivity contribution in [1.82, 2.24) is 9.62 Å². The number of amides is 1. The van der Waals surface area contributed by atoms with Gasteiger partial charge in [-0.1, -0.05) is 18.0 Å².